The van der Waals surface area contributed by atoms with Gasteiger partial charge in [-0.15, -0.1) is 10.2 Å². The van der Waals surface area contributed by atoms with Crippen LogP contribution in [-0.4, -0.2) is 21.9 Å². The molecule has 7 heteroatoms. The summed E-state index contributed by atoms with van der Waals surface area (Å²) < 4.78 is 26.4. The Labute approximate surface area is 160 Å². The van der Waals surface area contributed by atoms with Gasteiger partial charge in [-0.2, -0.15) is 0 Å². The molecule has 2 aromatic heterocycles. The van der Waals surface area contributed by atoms with Gasteiger partial charge < -0.3 is 9.15 Å². The molecule has 4 aromatic rings. The van der Waals surface area contributed by atoms with Crippen molar-refractivity contribution in [3.05, 3.63) is 59.9 Å². The molecule has 0 aliphatic rings. The quantitative estimate of drug-likeness (QED) is 0.431. The first-order chi connectivity index (χ1) is 13.2. The molecule has 5 nitrogen and oxygen atoms in total. The number of benzene rings is 2. The Morgan fingerprint density at radius 1 is 1.15 bits per heavy atom. The lowest BCUT2D eigenvalue weighted by Gasteiger charge is -2.06. The number of furan rings is 1. The maximum absolute atomic E-state index is 13.0. The Morgan fingerprint density at radius 3 is 2.70 bits per heavy atom. The van der Waals surface area contributed by atoms with Gasteiger partial charge in [-0.05, 0) is 36.8 Å². The van der Waals surface area contributed by atoms with Gasteiger partial charge in [0.1, 0.15) is 5.82 Å². The maximum atomic E-state index is 13.0. The number of ether oxygens (including phenoxy) is 1. The van der Waals surface area contributed by atoms with E-state index in [0.29, 0.717) is 35.2 Å². The third-order valence-electron chi connectivity index (χ3n) is 4.26. The Bertz CT molecular complexity index is 1070. The summed E-state index contributed by atoms with van der Waals surface area (Å²) in [5.41, 5.74) is 1.73. The van der Waals surface area contributed by atoms with E-state index in [1.165, 1.54) is 12.1 Å². The molecule has 0 amide bonds. The lowest BCUT2D eigenvalue weighted by Crippen LogP contribution is -1.99. The van der Waals surface area contributed by atoms with Crippen molar-refractivity contribution in [1.82, 2.24) is 14.8 Å². The first-order valence-corrected chi connectivity index (χ1v) is 9.55. The molecule has 0 unspecified atom stereocenters. The average Bonchev–Trinajstić information content (AvgIpc) is 3.30. The highest BCUT2D eigenvalue weighted by Crippen LogP contribution is 2.34. The summed E-state index contributed by atoms with van der Waals surface area (Å²) in [5, 5.41) is 10.4. The minimum atomic E-state index is -0.233. The SMILES string of the molecule is CCn1c(SCc2ccc(F)cc2)nnc1-c1cc2cccc(OC)c2o1. The summed E-state index contributed by atoms with van der Waals surface area (Å²) >= 11 is 1.56. The van der Waals surface area contributed by atoms with Crippen LogP contribution in [-0.2, 0) is 12.3 Å². The van der Waals surface area contributed by atoms with E-state index in [1.54, 1.807) is 31.0 Å². The van der Waals surface area contributed by atoms with Crippen LogP contribution in [0, 0.1) is 5.82 Å². The molecule has 0 aliphatic heterocycles. The highest BCUT2D eigenvalue weighted by molar-refractivity contribution is 7.98. The van der Waals surface area contributed by atoms with Gasteiger partial charge in [-0.25, -0.2) is 4.39 Å². The maximum Gasteiger partial charge on any atom is 0.200 e. The number of nitrogens with zero attached hydrogens (tertiary/aromatic N) is 3. The third kappa shape index (κ3) is 3.42. The van der Waals surface area contributed by atoms with Crippen LogP contribution in [0.3, 0.4) is 0 Å². The Hall–Kier alpha value is -2.80. The molecule has 138 valence electrons. The molecule has 0 saturated carbocycles. The van der Waals surface area contributed by atoms with E-state index in [4.69, 9.17) is 9.15 Å². The van der Waals surface area contributed by atoms with Crippen molar-refractivity contribution in [3.63, 3.8) is 0 Å². The fourth-order valence-corrected chi connectivity index (χ4v) is 3.86. The number of methoxy groups -OCH3 is 1. The first-order valence-electron chi connectivity index (χ1n) is 8.57. The Kier molecular flexibility index (Phi) is 4.85. The second-order valence-electron chi connectivity index (χ2n) is 5.95. The van der Waals surface area contributed by atoms with Crippen molar-refractivity contribution >= 4 is 22.7 Å². The predicted octanol–water partition coefficient (Wildman–Crippen LogP) is 5.15. The van der Waals surface area contributed by atoms with E-state index in [2.05, 4.69) is 10.2 Å². The zero-order valence-corrected chi connectivity index (χ0v) is 15.8. The molecule has 0 spiro atoms. The van der Waals surface area contributed by atoms with Crippen LogP contribution >= 0.6 is 11.8 Å². The van der Waals surface area contributed by atoms with Crippen LogP contribution in [0.25, 0.3) is 22.6 Å². The monoisotopic (exact) mass is 383 g/mol. The highest BCUT2D eigenvalue weighted by atomic mass is 32.2. The van der Waals surface area contributed by atoms with Crippen LogP contribution in [0.2, 0.25) is 0 Å². The van der Waals surface area contributed by atoms with Gasteiger partial charge in [0, 0.05) is 17.7 Å². The van der Waals surface area contributed by atoms with Crippen molar-refractivity contribution in [2.45, 2.75) is 24.4 Å². The zero-order valence-electron chi connectivity index (χ0n) is 15.0. The van der Waals surface area contributed by atoms with Crippen molar-refractivity contribution < 1.29 is 13.5 Å². The van der Waals surface area contributed by atoms with Gasteiger partial charge in [-0.3, -0.25) is 4.57 Å². The molecule has 0 aliphatic carbocycles. The average molecular weight is 383 g/mol. The molecule has 27 heavy (non-hydrogen) atoms. The summed E-state index contributed by atoms with van der Waals surface area (Å²) in [6, 6.07) is 14.2. The number of hydrogen-bond donors (Lipinski definition) is 0. The predicted molar refractivity (Wildman–Crippen MR) is 103 cm³/mol. The summed E-state index contributed by atoms with van der Waals surface area (Å²) in [6.45, 7) is 2.75. The number of rotatable bonds is 6. The van der Waals surface area contributed by atoms with E-state index in [9.17, 15) is 4.39 Å². The van der Waals surface area contributed by atoms with E-state index < -0.39 is 0 Å². The van der Waals surface area contributed by atoms with Gasteiger partial charge in [0.05, 0.1) is 7.11 Å². The lowest BCUT2D eigenvalue weighted by molar-refractivity contribution is 0.410. The molecular weight excluding hydrogens is 365 g/mol. The number of aromatic nitrogens is 3. The van der Waals surface area contributed by atoms with E-state index in [1.807, 2.05) is 35.8 Å². The molecule has 0 fully saturated rings. The van der Waals surface area contributed by atoms with Gasteiger partial charge in [0.25, 0.3) is 0 Å². The summed E-state index contributed by atoms with van der Waals surface area (Å²) in [6.07, 6.45) is 0. The summed E-state index contributed by atoms with van der Waals surface area (Å²) in [4.78, 5) is 0. The van der Waals surface area contributed by atoms with Crippen LogP contribution < -0.4 is 4.74 Å². The molecule has 4 rings (SSSR count). The topological polar surface area (TPSA) is 53.1 Å². The fourth-order valence-electron chi connectivity index (χ4n) is 2.90. The molecule has 0 N–H and O–H groups in total. The minimum Gasteiger partial charge on any atom is -0.493 e. The Morgan fingerprint density at radius 2 is 1.96 bits per heavy atom. The molecule has 0 radical (unpaired) electrons. The van der Waals surface area contributed by atoms with Crippen LogP contribution in [0.5, 0.6) is 5.75 Å². The zero-order chi connectivity index (χ0) is 18.8. The smallest absolute Gasteiger partial charge is 0.200 e. The van der Waals surface area contributed by atoms with Gasteiger partial charge in [-0.1, -0.05) is 36.0 Å². The van der Waals surface area contributed by atoms with Gasteiger partial charge in [0.15, 0.2) is 22.2 Å². The molecule has 2 heterocycles. The molecular formula is C20H18FN3O2S. The van der Waals surface area contributed by atoms with Crippen molar-refractivity contribution in [1.29, 1.82) is 0 Å². The second kappa shape index (κ2) is 7.44. The van der Waals surface area contributed by atoms with E-state index in [0.717, 1.165) is 16.1 Å². The number of thioether (sulfide) groups is 1. The number of fused-ring (bicyclic) bond motifs is 1. The second-order valence-corrected chi connectivity index (χ2v) is 6.90. The molecule has 2 aromatic carbocycles. The Balaban J connectivity index is 1.63. The number of para-hydroxylation sites is 1. The third-order valence-corrected chi connectivity index (χ3v) is 5.30. The van der Waals surface area contributed by atoms with E-state index in [-0.39, 0.29) is 5.82 Å². The molecule has 0 bridgehead atoms. The highest BCUT2D eigenvalue weighted by Gasteiger charge is 2.18. The molecule has 0 atom stereocenters. The first kappa shape index (κ1) is 17.6. The standard InChI is InChI=1S/C20H18FN3O2S/c1-3-24-19(17-11-14-5-4-6-16(25-2)18(14)26-17)22-23-20(24)27-12-13-7-9-15(21)10-8-13/h4-11H,3,12H2,1-2H3. The molecule has 0 saturated heterocycles. The van der Waals surface area contributed by atoms with Crippen LogP contribution in [0.15, 0.2) is 58.1 Å². The fraction of sp³-hybridized carbons (Fsp3) is 0.200. The largest absolute Gasteiger partial charge is 0.493 e. The summed E-state index contributed by atoms with van der Waals surface area (Å²) in [7, 11) is 1.62. The van der Waals surface area contributed by atoms with Crippen molar-refractivity contribution in [2.75, 3.05) is 7.11 Å². The van der Waals surface area contributed by atoms with Crippen LogP contribution in [0.1, 0.15) is 12.5 Å². The van der Waals surface area contributed by atoms with Crippen molar-refractivity contribution in [3.8, 4) is 17.3 Å². The number of halogens is 1. The van der Waals surface area contributed by atoms with Gasteiger partial charge in [0.2, 0.25) is 5.82 Å². The van der Waals surface area contributed by atoms with Crippen molar-refractivity contribution in [2.24, 2.45) is 0 Å². The lowest BCUT2D eigenvalue weighted by atomic mass is 10.2. The van der Waals surface area contributed by atoms with Crippen LogP contribution in [0.4, 0.5) is 4.39 Å². The van der Waals surface area contributed by atoms with Gasteiger partial charge >= 0.3 is 0 Å². The number of hydrogen-bond acceptors (Lipinski definition) is 5. The normalized spacial score (nSPS) is 11.2. The van der Waals surface area contributed by atoms with E-state index >= 15 is 0 Å². The summed E-state index contributed by atoms with van der Waals surface area (Å²) in [5.74, 6) is 2.47. The minimum absolute atomic E-state index is 0.233.